The molecule has 1 amide bonds. The summed E-state index contributed by atoms with van der Waals surface area (Å²) in [6.45, 7) is 2.16. The van der Waals surface area contributed by atoms with Gasteiger partial charge in [0.25, 0.3) is 0 Å². The Morgan fingerprint density at radius 3 is 2.62 bits per heavy atom. The maximum Gasteiger partial charge on any atom is 0.218 e. The fourth-order valence-corrected chi connectivity index (χ4v) is 2.69. The molecule has 112 valence electrons. The van der Waals surface area contributed by atoms with Crippen LogP contribution in [-0.4, -0.2) is 25.2 Å². The summed E-state index contributed by atoms with van der Waals surface area (Å²) < 4.78 is 5.37. The van der Waals surface area contributed by atoms with Gasteiger partial charge in [-0.25, -0.2) is 0 Å². The fraction of sp³-hybridized carbons (Fsp3) is 0.500. The van der Waals surface area contributed by atoms with Crippen LogP contribution < -0.4 is 11.1 Å². The number of hydrogen-bond donors (Lipinski definition) is 2. The lowest BCUT2D eigenvalue weighted by atomic mass is 9.89. The predicted molar refractivity (Wildman–Crippen MR) is 79.1 cm³/mol. The molecule has 3 N–H and O–H groups in total. The van der Waals surface area contributed by atoms with Gasteiger partial charge >= 0.3 is 0 Å². The molecule has 0 radical (unpaired) electrons. The second kappa shape index (κ2) is 7.77. The summed E-state index contributed by atoms with van der Waals surface area (Å²) in [4.78, 5) is 11.3. The van der Waals surface area contributed by atoms with E-state index in [2.05, 4.69) is 11.4 Å². The van der Waals surface area contributed by atoms with E-state index >= 15 is 0 Å². The van der Waals surface area contributed by atoms with Gasteiger partial charge in [-0.05, 0) is 36.5 Å². The van der Waals surface area contributed by atoms with Crippen molar-refractivity contribution in [2.75, 3.05) is 13.2 Å². The standard InChI is InChI=1S/C16H21N3O2/c17-10-12-1-3-13(4-2-12)11-19-15(9-16(18)20)14-5-7-21-8-6-14/h1-4,14-15,19H,5-9,11H2,(H2,18,20)/t15-/m0/s1. The summed E-state index contributed by atoms with van der Waals surface area (Å²) in [6, 6.07) is 9.64. The molecule has 1 saturated heterocycles. The van der Waals surface area contributed by atoms with Crippen molar-refractivity contribution in [3.05, 3.63) is 35.4 Å². The molecule has 5 nitrogen and oxygen atoms in total. The average molecular weight is 287 g/mol. The molecule has 2 rings (SSSR count). The van der Waals surface area contributed by atoms with E-state index in [1.165, 1.54) is 0 Å². The number of nitrogens with two attached hydrogens (primary N) is 1. The zero-order chi connectivity index (χ0) is 15.1. The molecular weight excluding hydrogens is 266 g/mol. The predicted octanol–water partition coefficient (Wildman–Crippen LogP) is 1.32. The van der Waals surface area contributed by atoms with Crippen molar-refractivity contribution in [1.29, 1.82) is 5.26 Å². The highest BCUT2D eigenvalue weighted by atomic mass is 16.5. The van der Waals surface area contributed by atoms with E-state index in [0.29, 0.717) is 24.4 Å². The first kappa shape index (κ1) is 15.5. The van der Waals surface area contributed by atoms with E-state index in [9.17, 15) is 4.79 Å². The number of hydrogen-bond acceptors (Lipinski definition) is 4. The number of rotatable bonds is 6. The highest BCUT2D eigenvalue weighted by Crippen LogP contribution is 2.21. The molecule has 1 aliphatic rings. The Hall–Kier alpha value is -1.90. The van der Waals surface area contributed by atoms with Crippen LogP contribution in [0.5, 0.6) is 0 Å². The zero-order valence-corrected chi connectivity index (χ0v) is 12.0. The zero-order valence-electron chi connectivity index (χ0n) is 12.0. The monoisotopic (exact) mass is 287 g/mol. The van der Waals surface area contributed by atoms with Crippen LogP contribution in [0.1, 0.15) is 30.4 Å². The van der Waals surface area contributed by atoms with Crippen LogP contribution in [-0.2, 0) is 16.1 Å². The number of carbonyl (C=O) groups is 1. The Balaban J connectivity index is 1.93. The molecule has 5 heteroatoms. The van der Waals surface area contributed by atoms with Gasteiger partial charge in [0.1, 0.15) is 0 Å². The molecule has 0 unspecified atom stereocenters. The number of amides is 1. The molecule has 1 aromatic carbocycles. The summed E-state index contributed by atoms with van der Waals surface area (Å²) >= 11 is 0. The second-order valence-corrected chi connectivity index (χ2v) is 5.42. The van der Waals surface area contributed by atoms with Crippen molar-refractivity contribution in [1.82, 2.24) is 5.32 Å². The molecule has 0 saturated carbocycles. The minimum absolute atomic E-state index is 0.0852. The first-order chi connectivity index (χ1) is 10.2. The number of nitrogens with one attached hydrogen (secondary N) is 1. The number of nitrogens with zero attached hydrogens (tertiary/aromatic N) is 1. The minimum Gasteiger partial charge on any atom is -0.381 e. The maximum absolute atomic E-state index is 11.3. The Bertz CT molecular complexity index is 501. The largest absolute Gasteiger partial charge is 0.381 e. The summed E-state index contributed by atoms with van der Waals surface area (Å²) in [5, 5.41) is 12.2. The van der Waals surface area contributed by atoms with Gasteiger partial charge < -0.3 is 15.8 Å². The third-order valence-electron chi connectivity index (χ3n) is 3.91. The number of benzene rings is 1. The Morgan fingerprint density at radius 1 is 1.38 bits per heavy atom. The van der Waals surface area contributed by atoms with Gasteiger partial charge in [-0.3, -0.25) is 4.79 Å². The van der Waals surface area contributed by atoms with Crippen molar-refractivity contribution in [2.24, 2.45) is 11.7 Å². The van der Waals surface area contributed by atoms with Crippen molar-refractivity contribution in [2.45, 2.75) is 31.8 Å². The lowest BCUT2D eigenvalue weighted by Gasteiger charge is -2.30. The highest BCUT2D eigenvalue weighted by Gasteiger charge is 2.25. The summed E-state index contributed by atoms with van der Waals surface area (Å²) in [7, 11) is 0. The van der Waals surface area contributed by atoms with Crippen LogP contribution in [0, 0.1) is 17.2 Å². The molecule has 0 aromatic heterocycles. The molecule has 1 fully saturated rings. The first-order valence-corrected chi connectivity index (χ1v) is 7.27. The van der Waals surface area contributed by atoms with Gasteiger partial charge in [-0.15, -0.1) is 0 Å². The summed E-state index contributed by atoms with van der Waals surface area (Å²) in [6.07, 6.45) is 2.26. The normalized spacial score (nSPS) is 17.1. The van der Waals surface area contributed by atoms with E-state index in [4.69, 9.17) is 15.7 Å². The number of primary amides is 1. The maximum atomic E-state index is 11.3. The van der Waals surface area contributed by atoms with Gasteiger partial charge in [-0.1, -0.05) is 12.1 Å². The first-order valence-electron chi connectivity index (χ1n) is 7.27. The highest BCUT2D eigenvalue weighted by molar-refractivity contribution is 5.74. The van der Waals surface area contributed by atoms with Gasteiger partial charge in [0.05, 0.1) is 11.6 Å². The van der Waals surface area contributed by atoms with Crippen LogP contribution >= 0.6 is 0 Å². The molecule has 0 aliphatic carbocycles. The fourth-order valence-electron chi connectivity index (χ4n) is 2.69. The van der Waals surface area contributed by atoms with E-state index in [1.807, 2.05) is 12.1 Å². The second-order valence-electron chi connectivity index (χ2n) is 5.42. The SMILES string of the molecule is N#Cc1ccc(CN[C@@H](CC(N)=O)C2CCOCC2)cc1. The minimum atomic E-state index is -0.279. The molecular formula is C16H21N3O2. The van der Waals surface area contributed by atoms with E-state index in [-0.39, 0.29) is 11.9 Å². The molecule has 1 aromatic rings. The van der Waals surface area contributed by atoms with Crippen molar-refractivity contribution < 1.29 is 9.53 Å². The molecule has 0 spiro atoms. The van der Waals surface area contributed by atoms with Gasteiger partial charge in [0, 0.05) is 32.2 Å². The topological polar surface area (TPSA) is 88.1 Å². The quantitative estimate of drug-likeness (QED) is 0.826. The van der Waals surface area contributed by atoms with Crippen molar-refractivity contribution in [3.8, 4) is 6.07 Å². The smallest absolute Gasteiger partial charge is 0.218 e. The number of nitriles is 1. The van der Waals surface area contributed by atoms with E-state index < -0.39 is 0 Å². The average Bonchev–Trinajstić information content (AvgIpc) is 2.52. The van der Waals surface area contributed by atoms with Crippen molar-refractivity contribution in [3.63, 3.8) is 0 Å². The summed E-state index contributed by atoms with van der Waals surface area (Å²) in [5.41, 5.74) is 7.10. The molecule has 1 atom stereocenters. The Kier molecular flexibility index (Phi) is 5.73. The van der Waals surface area contributed by atoms with Crippen LogP contribution in [0.25, 0.3) is 0 Å². The lowest BCUT2D eigenvalue weighted by molar-refractivity contribution is -0.119. The molecule has 1 heterocycles. The molecule has 0 bridgehead atoms. The van der Waals surface area contributed by atoms with Gasteiger partial charge in [-0.2, -0.15) is 5.26 Å². The van der Waals surface area contributed by atoms with E-state index in [0.717, 1.165) is 31.6 Å². The van der Waals surface area contributed by atoms with Crippen LogP contribution in [0.4, 0.5) is 0 Å². The Labute approximate surface area is 125 Å². The number of carbonyl (C=O) groups excluding carboxylic acids is 1. The van der Waals surface area contributed by atoms with Crippen LogP contribution in [0.3, 0.4) is 0 Å². The summed E-state index contributed by atoms with van der Waals surface area (Å²) in [5.74, 6) is 0.142. The van der Waals surface area contributed by atoms with Crippen LogP contribution in [0.15, 0.2) is 24.3 Å². The van der Waals surface area contributed by atoms with Gasteiger partial charge in [0.15, 0.2) is 0 Å². The van der Waals surface area contributed by atoms with Crippen LogP contribution in [0.2, 0.25) is 0 Å². The van der Waals surface area contributed by atoms with E-state index in [1.54, 1.807) is 12.1 Å². The molecule has 1 aliphatic heterocycles. The third-order valence-corrected chi connectivity index (χ3v) is 3.91. The van der Waals surface area contributed by atoms with Gasteiger partial charge in [0.2, 0.25) is 5.91 Å². The lowest BCUT2D eigenvalue weighted by Crippen LogP contribution is -2.41. The van der Waals surface area contributed by atoms with Crippen molar-refractivity contribution >= 4 is 5.91 Å². The Morgan fingerprint density at radius 2 is 2.05 bits per heavy atom. The third kappa shape index (κ3) is 4.85. The molecule has 21 heavy (non-hydrogen) atoms. The number of ether oxygens (including phenoxy) is 1.